The number of phenols is 1. The molecule has 7 heteroatoms. The Morgan fingerprint density at radius 1 is 1.14 bits per heavy atom. The first-order chi connectivity index (χ1) is 10.5. The van der Waals surface area contributed by atoms with Crippen molar-refractivity contribution in [3.8, 4) is 5.75 Å². The number of thiocarbonyl (C=S) groups is 1. The standard InChI is InChI=1S/C15H15N3O3S/c1-2-13(20)16-15(22)18-17-14(21)11-7-9-5-3-4-6-10(9)8-12(11)19/h3-8,19H,2H2,1H3,(H,17,21)(H2,16,18,20,22). The van der Waals surface area contributed by atoms with Crippen LogP contribution < -0.4 is 16.2 Å². The molecular weight excluding hydrogens is 302 g/mol. The summed E-state index contributed by atoms with van der Waals surface area (Å²) in [6.07, 6.45) is 0.279. The normalized spacial score (nSPS) is 10.0. The molecule has 0 aliphatic heterocycles. The van der Waals surface area contributed by atoms with Crippen molar-refractivity contribution < 1.29 is 14.7 Å². The minimum atomic E-state index is -0.559. The van der Waals surface area contributed by atoms with Crippen LogP contribution >= 0.6 is 12.2 Å². The van der Waals surface area contributed by atoms with Gasteiger partial charge >= 0.3 is 0 Å². The van der Waals surface area contributed by atoms with E-state index in [1.807, 2.05) is 24.3 Å². The van der Waals surface area contributed by atoms with Crippen molar-refractivity contribution >= 4 is 39.9 Å². The van der Waals surface area contributed by atoms with Crippen LogP contribution in [0, 0.1) is 0 Å². The third-order valence-corrected chi connectivity index (χ3v) is 3.18. The van der Waals surface area contributed by atoms with Crippen molar-refractivity contribution in [2.75, 3.05) is 0 Å². The third kappa shape index (κ3) is 3.70. The zero-order chi connectivity index (χ0) is 16.1. The van der Waals surface area contributed by atoms with Gasteiger partial charge in [-0.15, -0.1) is 0 Å². The monoisotopic (exact) mass is 317 g/mol. The van der Waals surface area contributed by atoms with Crippen LogP contribution in [0.4, 0.5) is 0 Å². The van der Waals surface area contributed by atoms with Crippen molar-refractivity contribution in [1.82, 2.24) is 16.2 Å². The molecule has 0 aliphatic carbocycles. The van der Waals surface area contributed by atoms with E-state index in [2.05, 4.69) is 16.2 Å². The fourth-order valence-electron chi connectivity index (χ4n) is 1.84. The minimum Gasteiger partial charge on any atom is -0.507 e. The Labute approximate surface area is 132 Å². The average Bonchev–Trinajstić information content (AvgIpc) is 2.51. The molecule has 2 amide bonds. The Morgan fingerprint density at radius 3 is 2.41 bits per heavy atom. The Morgan fingerprint density at radius 2 is 1.77 bits per heavy atom. The van der Waals surface area contributed by atoms with Gasteiger partial charge in [0.2, 0.25) is 5.91 Å². The van der Waals surface area contributed by atoms with Gasteiger partial charge in [0, 0.05) is 6.42 Å². The summed E-state index contributed by atoms with van der Waals surface area (Å²) < 4.78 is 0. The second-order valence-corrected chi connectivity index (χ2v) is 4.93. The molecule has 0 atom stereocenters. The third-order valence-electron chi connectivity index (χ3n) is 2.97. The molecule has 0 fully saturated rings. The maximum atomic E-state index is 12.1. The summed E-state index contributed by atoms with van der Waals surface area (Å²) in [6.45, 7) is 1.68. The number of hydrogen-bond donors (Lipinski definition) is 4. The van der Waals surface area contributed by atoms with Crippen LogP contribution in [0.25, 0.3) is 10.8 Å². The van der Waals surface area contributed by atoms with Crippen LogP contribution in [0.2, 0.25) is 0 Å². The fraction of sp³-hybridized carbons (Fsp3) is 0.133. The van der Waals surface area contributed by atoms with Gasteiger partial charge in [-0.1, -0.05) is 31.2 Å². The Balaban J connectivity index is 2.08. The SMILES string of the molecule is CCC(=O)NC(=S)NNC(=O)c1cc2ccccc2cc1O. The number of phenolic OH excluding ortho intramolecular Hbond substituents is 1. The molecule has 22 heavy (non-hydrogen) atoms. The largest absolute Gasteiger partial charge is 0.507 e. The van der Waals surface area contributed by atoms with Crippen molar-refractivity contribution in [1.29, 1.82) is 0 Å². The quantitative estimate of drug-likeness (QED) is 0.499. The van der Waals surface area contributed by atoms with Gasteiger partial charge in [-0.2, -0.15) is 0 Å². The summed E-state index contributed by atoms with van der Waals surface area (Å²) in [5.41, 5.74) is 4.85. The molecule has 2 rings (SSSR count). The van der Waals surface area contributed by atoms with Gasteiger partial charge in [0.25, 0.3) is 5.91 Å². The summed E-state index contributed by atoms with van der Waals surface area (Å²) >= 11 is 4.85. The van der Waals surface area contributed by atoms with Gasteiger partial charge in [-0.25, -0.2) is 0 Å². The molecular formula is C15H15N3O3S. The summed E-state index contributed by atoms with van der Waals surface area (Å²) in [4.78, 5) is 23.2. The summed E-state index contributed by atoms with van der Waals surface area (Å²) in [6, 6.07) is 10.5. The first kappa shape index (κ1) is 15.7. The topological polar surface area (TPSA) is 90.5 Å². The molecule has 0 heterocycles. The second-order valence-electron chi connectivity index (χ2n) is 4.53. The van der Waals surface area contributed by atoms with Crippen LogP contribution in [0.5, 0.6) is 5.75 Å². The highest BCUT2D eigenvalue weighted by molar-refractivity contribution is 7.80. The molecule has 2 aromatic carbocycles. The molecule has 6 nitrogen and oxygen atoms in total. The second kappa shape index (κ2) is 6.86. The number of amides is 2. The Kier molecular flexibility index (Phi) is 4.90. The zero-order valence-corrected chi connectivity index (χ0v) is 12.7. The number of hydrogen-bond acceptors (Lipinski definition) is 4. The smallest absolute Gasteiger partial charge is 0.273 e. The lowest BCUT2D eigenvalue weighted by molar-refractivity contribution is -0.119. The zero-order valence-electron chi connectivity index (χ0n) is 11.8. The average molecular weight is 317 g/mol. The molecule has 0 aliphatic rings. The number of benzene rings is 2. The van der Waals surface area contributed by atoms with Gasteiger partial charge in [-0.3, -0.25) is 20.4 Å². The van der Waals surface area contributed by atoms with Crippen LogP contribution in [-0.2, 0) is 4.79 Å². The lowest BCUT2D eigenvalue weighted by Crippen LogP contribution is -2.48. The summed E-state index contributed by atoms with van der Waals surface area (Å²) in [5.74, 6) is -0.960. The van der Waals surface area contributed by atoms with Gasteiger partial charge in [-0.05, 0) is 35.1 Å². The minimum absolute atomic E-state index is 0.0134. The van der Waals surface area contributed by atoms with Gasteiger partial charge in [0.05, 0.1) is 5.56 Å². The van der Waals surface area contributed by atoms with E-state index in [9.17, 15) is 14.7 Å². The predicted octanol–water partition coefficient (Wildman–Crippen LogP) is 1.59. The van der Waals surface area contributed by atoms with Crippen LogP contribution in [0.3, 0.4) is 0 Å². The van der Waals surface area contributed by atoms with E-state index in [1.54, 1.807) is 13.0 Å². The van der Waals surface area contributed by atoms with Crippen molar-refractivity contribution in [2.45, 2.75) is 13.3 Å². The fourth-order valence-corrected chi connectivity index (χ4v) is 2.00. The number of rotatable bonds is 2. The highest BCUT2D eigenvalue weighted by atomic mass is 32.1. The number of carbonyl (C=O) groups is 2. The first-order valence-corrected chi connectivity index (χ1v) is 7.04. The van der Waals surface area contributed by atoms with Crippen LogP contribution in [0.1, 0.15) is 23.7 Å². The van der Waals surface area contributed by atoms with Gasteiger partial charge in [0.1, 0.15) is 5.75 Å². The maximum Gasteiger partial charge on any atom is 0.273 e. The molecule has 2 aromatic rings. The molecule has 0 bridgehead atoms. The Hall–Kier alpha value is -2.67. The molecule has 114 valence electrons. The van der Waals surface area contributed by atoms with Crippen LogP contribution in [-0.4, -0.2) is 22.0 Å². The lowest BCUT2D eigenvalue weighted by Gasteiger charge is -2.11. The molecule has 0 saturated carbocycles. The molecule has 0 unspecified atom stereocenters. The molecule has 0 spiro atoms. The molecule has 0 aromatic heterocycles. The number of hydrazine groups is 1. The summed E-state index contributed by atoms with van der Waals surface area (Å²) in [5, 5.41) is 14.0. The highest BCUT2D eigenvalue weighted by Crippen LogP contribution is 2.24. The first-order valence-electron chi connectivity index (χ1n) is 6.63. The Bertz CT molecular complexity index is 746. The number of fused-ring (bicyclic) bond motifs is 1. The van der Waals surface area contributed by atoms with Crippen molar-refractivity contribution in [3.63, 3.8) is 0 Å². The van der Waals surface area contributed by atoms with E-state index >= 15 is 0 Å². The predicted molar refractivity (Wildman–Crippen MR) is 87.2 cm³/mol. The number of aromatic hydroxyl groups is 1. The van der Waals surface area contributed by atoms with E-state index < -0.39 is 5.91 Å². The van der Waals surface area contributed by atoms with E-state index in [0.29, 0.717) is 0 Å². The van der Waals surface area contributed by atoms with E-state index in [-0.39, 0.29) is 28.8 Å². The van der Waals surface area contributed by atoms with Crippen molar-refractivity contribution in [2.24, 2.45) is 0 Å². The van der Waals surface area contributed by atoms with Gasteiger partial charge < -0.3 is 10.4 Å². The van der Waals surface area contributed by atoms with Crippen molar-refractivity contribution in [3.05, 3.63) is 42.0 Å². The molecule has 4 N–H and O–H groups in total. The lowest BCUT2D eigenvalue weighted by atomic mass is 10.1. The maximum absolute atomic E-state index is 12.1. The van der Waals surface area contributed by atoms with E-state index in [1.165, 1.54) is 6.07 Å². The van der Waals surface area contributed by atoms with E-state index in [4.69, 9.17) is 12.2 Å². The van der Waals surface area contributed by atoms with Crippen LogP contribution in [0.15, 0.2) is 36.4 Å². The molecule has 0 saturated heterocycles. The molecule has 0 radical (unpaired) electrons. The number of nitrogens with one attached hydrogen (secondary N) is 3. The van der Waals surface area contributed by atoms with E-state index in [0.717, 1.165) is 10.8 Å². The number of carbonyl (C=O) groups excluding carboxylic acids is 2. The summed E-state index contributed by atoms with van der Waals surface area (Å²) in [7, 11) is 0. The van der Waals surface area contributed by atoms with Gasteiger partial charge in [0.15, 0.2) is 5.11 Å². The highest BCUT2D eigenvalue weighted by Gasteiger charge is 2.13.